The van der Waals surface area contributed by atoms with Gasteiger partial charge in [0.15, 0.2) is 9.84 Å². The summed E-state index contributed by atoms with van der Waals surface area (Å²) in [4.78, 5) is 0. The smallest absolute Gasteiger partial charge is 0.229 e. The van der Waals surface area contributed by atoms with Gasteiger partial charge in [-0.1, -0.05) is 11.6 Å². The Morgan fingerprint density at radius 2 is 2.05 bits per heavy atom. The minimum Gasteiger partial charge on any atom is -0.229 e. The zero-order valence-corrected chi connectivity index (χ0v) is 13.7. The Labute approximate surface area is 125 Å². The van der Waals surface area contributed by atoms with Crippen LogP contribution in [0.25, 0.3) is 0 Å². The molecule has 2 atom stereocenters. The van der Waals surface area contributed by atoms with E-state index in [4.69, 9.17) is 23.2 Å². The lowest BCUT2D eigenvalue weighted by Gasteiger charge is -2.13. The largest absolute Gasteiger partial charge is 0.250 e. The van der Waals surface area contributed by atoms with Gasteiger partial charge in [-0.25, -0.2) is 21.6 Å². The molecule has 1 fully saturated rings. The van der Waals surface area contributed by atoms with Crippen molar-refractivity contribution in [3.8, 4) is 0 Å². The van der Waals surface area contributed by atoms with Gasteiger partial charge in [0.25, 0.3) is 0 Å². The summed E-state index contributed by atoms with van der Waals surface area (Å²) in [6, 6.07) is 0.639. The average Bonchev–Trinajstić information content (AvgIpc) is 2.68. The highest BCUT2D eigenvalue weighted by molar-refractivity contribution is 7.92. The lowest BCUT2D eigenvalue weighted by Crippen LogP contribution is -2.40. The number of nitrogens with one attached hydrogen (secondary N) is 1. The molecule has 1 N–H and O–H groups in total. The molecule has 108 valence electrons. The molecule has 1 aromatic heterocycles. The highest BCUT2D eigenvalue weighted by Crippen LogP contribution is 2.30. The fourth-order valence-corrected chi connectivity index (χ4v) is 7.47. The fourth-order valence-electron chi connectivity index (χ4n) is 1.73. The van der Waals surface area contributed by atoms with E-state index in [9.17, 15) is 16.8 Å². The molecule has 0 saturated carbocycles. The molecule has 0 radical (unpaired) electrons. The standard InChI is InChI=1S/C9H11Cl2NO4S3/c1-5-2-8(17-9(5)11)19(15,16)12-7-4-18(13,14)3-6(7)10/h2,6-7,12H,3-4H2,1H3. The molecule has 0 aromatic carbocycles. The fraction of sp³-hybridized carbons (Fsp3) is 0.556. The van der Waals surface area contributed by atoms with Gasteiger partial charge in [0.05, 0.1) is 27.3 Å². The number of halogens is 2. The molecule has 0 spiro atoms. The van der Waals surface area contributed by atoms with Crippen LogP contribution in [0.4, 0.5) is 0 Å². The second kappa shape index (κ2) is 5.16. The van der Waals surface area contributed by atoms with E-state index in [1.165, 1.54) is 6.07 Å². The van der Waals surface area contributed by atoms with Gasteiger partial charge in [-0.15, -0.1) is 22.9 Å². The molecule has 1 aliphatic rings. The van der Waals surface area contributed by atoms with Crippen molar-refractivity contribution in [1.82, 2.24) is 4.72 Å². The number of hydrogen-bond acceptors (Lipinski definition) is 5. The molecule has 10 heteroatoms. The average molecular weight is 364 g/mol. The third-order valence-electron chi connectivity index (χ3n) is 2.69. The molecule has 5 nitrogen and oxygen atoms in total. The number of aryl methyl sites for hydroxylation is 1. The third kappa shape index (κ3) is 3.43. The van der Waals surface area contributed by atoms with Gasteiger partial charge in [-0.3, -0.25) is 0 Å². The number of sulfonamides is 1. The zero-order valence-electron chi connectivity index (χ0n) is 9.76. The van der Waals surface area contributed by atoms with Gasteiger partial charge < -0.3 is 0 Å². The molecule has 1 saturated heterocycles. The van der Waals surface area contributed by atoms with Crippen molar-refractivity contribution >= 4 is 54.4 Å². The van der Waals surface area contributed by atoms with E-state index < -0.39 is 31.3 Å². The number of hydrogen-bond donors (Lipinski definition) is 1. The molecule has 2 unspecified atom stereocenters. The summed E-state index contributed by atoms with van der Waals surface area (Å²) >= 11 is 12.6. The molecular weight excluding hydrogens is 353 g/mol. The summed E-state index contributed by atoms with van der Waals surface area (Å²) in [6.45, 7) is 1.70. The highest BCUT2D eigenvalue weighted by atomic mass is 35.5. The maximum absolute atomic E-state index is 12.1. The van der Waals surface area contributed by atoms with Crippen LogP contribution in [0.1, 0.15) is 5.56 Å². The minimum absolute atomic E-state index is 0.0585. The van der Waals surface area contributed by atoms with Crippen molar-refractivity contribution in [2.75, 3.05) is 11.5 Å². The first-order valence-electron chi connectivity index (χ1n) is 5.23. The van der Waals surface area contributed by atoms with Gasteiger partial charge in [0.2, 0.25) is 10.0 Å². The first kappa shape index (κ1) is 15.5. The molecule has 1 aromatic rings. The Morgan fingerprint density at radius 1 is 1.42 bits per heavy atom. The van der Waals surface area contributed by atoms with Crippen molar-refractivity contribution in [1.29, 1.82) is 0 Å². The number of rotatable bonds is 3. The Kier molecular flexibility index (Phi) is 4.22. The van der Waals surface area contributed by atoms with Crippen LogP contribution < -0.4 is 4.72 Å². The monoisotopic (exact) mass is 363 g/mol. The van der Waals surface area contributed by atoms with E-state index in [0.717, 1.165) is 11.3 Å². The van der Waals surface area contributed by atoms with Crippen LogP contribution in [0.5, 0.6) is 0 Å². The van der Waals surface area contributed by atoms with Gasteiger partial charge >= 0.3 is 0 Å². The maximum Gasteiger partial charge on any atom is 0.250 e. The van der Waals surface area contributed by atoms with E-state index in [-0.39, 0.29) is 15.7 Å². The Balaban J connectivity index is 2.23. The molecule has 1 aliphatic heterocycles. The second-order valence-electron chi connectivity index (χ2n) is 4.34. The first-order valence-corrected chi connectivity index (χ1v) is 10.2. The molecule has 0 amide bonds. The summed E-state index contributed by atoms with van der Waals surface area (Å²) in [7, 11) is -7.08. The number of alkyl halides is 1. The van der Waals surface area contributed by atoms with E-state index in [0.29, 0.717) is 9.90 Å². The quantitative estimate of drug-likeness (QED) is 0.822. The second-order valence-corrected chi connectivity index (χ2v) is 10.7. The summed E-state index contributed by atoms with van der Waals surface area (Å²) in [5, 5.41) is -0.753. The predicted octanol–water partition coefficient (Wildman–Crippen LogP) is 1.39. The number of thiophene rings is 1. The van der Waals surface area contributed by atoms with Crippen LogP contribution in [0.3, 0.4) is 0 Å². The van der Waals surface area contributed by atoms with Crippen molar-refractivity contribution < 1.29 is 16.8 Å². The number of sulfone groups is 1. The lowest BCUT2D eigenvalue weighted by atomic mass is 10.3. The van der Waals surface area contributed by atoms with Crippen molar-refractivity contribution in [3.05, 3.63) is 16.0 Å². The van der Waals surface area contributed by atoms with Crippen LogP contribution in [0.15, 0.2) is 10.3 Å². The van der Waals surface area contributed by atoms with Crippen molar-refractivity contribution in [2.24, 2.45) is 0 Å². The molecule has 2 rings (SSSR count). The summed E-state index contributed by atoms with van der Waals surface area (Å²) in [5.74, 6) is -0.496. The van der Waals surface area contributed by atoms with Crippen molar-refractivity contribution in [2.45, 2.75) is 22.6 Å². The van der Waals surface area contributed by atoms with Gasteiger partial charge in [0, 0.05) is 0 Å². The third-order valence-corrected chi connectivity index (χ3v) is 8.58. The maximum atomic E-state index is 12.1. The molecule has 19 heavy (non-hydrogen) atoms. The Bertz CT molecular complexity index is 676. The molecular formula is C9H11Cl2NO4S3. The first-order chi connectivity index (χ1) is 8.61. The molecule has 2 heterocycles. The lowest BCUT2D eigenvalue weighted by molar-refractivity contribution is 0.565. The summed E-state index contributed by atoms with van der Waals surface area (Å²) in [5.41, 5.74) is 0.661. The normalized spacial score (nSPS) is 26.7. The van der Waals surface area contributed by atoms with Crippen molar-refractivity contribution in [3.63, 3.8) is 0 Å². The van der Waals surface area contributed by atoms with E-state index in [2.05, 4.69) is 4.72 Å². The van der Waals surface area contributed by atoms with E-state index in [1.807, 2.05) is 0 Å². The van der Waals surface area contributed by atoms with Crippen LogP contribution in [0.2, 0.25) is 4.34 Å². The highest BCUT2D eigenvalue weighted by Gasteiger charge is 2.39. The molecule has 0 aliphatic carbocycles. The minimum atomic E-state index is -3.79. The van der Waals surface area contributed by atoms with Gasteiger partial charge in [-0.2, -0.15) is 0 Å². The Hall–Kier alpha value is 0.140. The predicted molar refractivity (Wildman–Crippen MR) is 76.5 cm³/mol. The van der Waals surface area contributed by atoms with Gasteiger partial charge in [-0.05, 0) is 18.6 Å². The van der Waals surface area contributed by atoms with Crippen LogP contribution in [-0.4, -0.2) is 39.8 Å². The zero-order chi connectivity index (χ0) is 14.4. The Morgan fingerprint density at radius 3 is 2.47 bits per heavy atom. The van der Waals surface area contributed by atoms with E-state index >= 15 is 0 Å². The molecule has 0 bridgehead atoms. The SMILES string of the molecule is Cc1cc(S(=O)(=O)NC2CS(=O)(=O)CC2Cl)sc1Cl. The van der Waals surface area contributed by atoms with Crippen LogP contribution in [0, 0.1) is 6.92 Å². The topological polar surface area (TPSA) is 80.3 Å². The van der Waals surface area contributed by atoms with Crippen LogP contribution >= 0.6 is 34.5 Å². The van der Waals surface area contributed by atoms with Crippen LogP contribution in [-0.2, 0) is 19.9 Å². The summed E-state index contributed by atoms with van der Waals surface area (Å²) in [6.07, 6.45) is 0. The summed E-state index contributed by atoms with van der Waals surface area (Å²) < 4.78 is 49.8. The van der Waals surface area contributed by atoms with Gasteiger partial charge in [0.1, 0.15) is 4.21 Å². The van der Waals surface area contributed by atoms with E-state index in [1.54, 1.807) is 6.92 Å².